The Bertz CT molecular complexity index is 447. The molecule has 0 radical (unpaired) electrons. The van der Waals surface area contributed by atoms with E-state index in [9.17, 15) is 10.1 Å². The maximum absolute atomic E-state index is 10.8. The molecule has 1 aromatic rings. The molecular weight excluding hydrogens is 234 g/mol. The Morgan fingerprint density at radius 3 is 2.67 bits per heavy atom. The van der Waals surface area contributed by atoms with Crippen molar-refractivity contribution in [2.24, 2.45) is 11.8 Å². The van der Waals surface area contributed by atoms with Gasteiger partial charge in [0.2, 0.25) is 0 Å². The van der Waals surface area contributed by atoms with Crippen molar-refractivity contribution in [3.63, 3.8) is 0 Å². The minimum absolute atomic E-state index is 0.0266. The number of hydrazine groups is 1. The van der Waals surface area contributed by atoms with E-state index in [4.69, 9.17) is 5.84 Å². The molecule has 1 atom stereocenters. The summed E-state index contributed by atoms with van der Waals surface area (Å²) in [5.74, 6) is 6.65. The van der Waals surface area contributed by atoms with E-state index in [1.807, 2.05) is 0 Å². The van der Waals surface area contributed by atoms with Crippen LogP contribution in [0.25, 0.3) is 0 Å². The number of nitrogens with zero attached hydrogens (tertiary/aromatic N) is 2. The Labute approximate surface area is 105 Å². The normalized spacial score (nSPS) is 16.8. The number of anilines is 2. The molecular formula is C11H17N5O2. The summed E-state index contributed by atoms with van der Waals surface area (Å²) < 4.78 is 0. The molecule has 98 valence electrons. The van der Waals surface area contributed by atoms with Crippen LogP contribution in [0.1, 0.15) is 26.2 Å². The second kappa shape index (κ2) is 5.18. The molecule has 18 heavy (non-hydrogen) atoms. The molecule has 7 nitrogen and oxygen atoms in total. The average Bonchev–Trinajstić information content (AvgIpc) is 2.25. The molecule has 0 aliphatic heterocycles. The number of aromatic nitrogens is 1. The largest absolute Gasteiger partial charge is 0.367 e. The molecule has 1 fully saturated rings. The van der Waals surface area contributed by atoms with Crippen molar-refractivity contribution in [3.8, 4) is 0 Å². The summed E-state index contributed by atoms with van der Waals surface area (Å²) >= 11 is 0. The van der Waals surface area contributed by atoms with Gasteiger partial charge in [0, 0.05) is 6.04 Å². The fourth-order valence-corrected chi connectivity index (χ4v) is 2.06. The fraction of sp³-hybridized carbons (Fsp3) is 0.545. The number of nitrogens with one attached hydrogen (secondary N) is 2. The molecule has 1 aliphatic rings. The van der Waals surface area contributed by atoms with E-state index in [-0.39, 0.29) is 17.5 Å². The van der Waals surface area contributed by atoms with Gasteiger partial charge in [0.15, 0.2) is 0 Å². The third-order valence-corrected chi connectivity index (χ3v) is 3.40. The van der Waals surface area contributed by atoms with E-state index < -0.39 is 4.92 Å². The van der Waals surface area contributed by atoms with Gasteiger partial charge < -0.3 is 10.7 Å². The van der Waals surface area contributed by atoms with Gasteiger partial charge in [-0.05, 0) is 25.7 Å². The average molecular weight is 251 g/mol. The van der Waals surface area contributed by atoms with Crippen LogP contribution in [0.2, 0.25) is 0 Å². The van der Waals surface area contributed by atoms with Gasteiger partial charge in [-0.3, -0.25) is 10.1 Å². The molecule has 0 saturated heterocycles. The van der Waals surface area contributed by atoms with Crippen LogP contribution in [0.3, 0.4) is 0 Å². The minimum atomic E-state index is -0.457. The predicted octanol–water partition coefficient (Wildman–Crippen LogP) is 1.88. The first-order valence-corrected chi connectivity index (χ1v) is 6.00. The van der Waals surface area contributed by atoms with Gasteiger partial charge in [-0.15, -0.1) is 0 Å². The van der Waals surface area contributed by atoms with Gasteiger partial charge in [-0.25, -0.2) is 10.8 Å². The van der Waals surface area contributed by atoms with Crippen molar-refractivity contribution in [3.05, 3.63) is 22.2 Å². The quantitative estimate of drug-likeness (QED) is 0.419. The van der Waals surface area contributed by atoms with Gasteiger partial charge in [0.05, 0.1) is 17.1 Å². The van der Waals surface area contributed by atoms with E-state index in [1.54, 1.807) is 0 Å². The van der Waals surface area contributed by atoms with Crippen LogP contribution < -0.4 is 16.6 Å². The van der Waals surface area contributed by atoms with Gasteiger partial charge in [-0.2, -0.15) is 0 Å². The lowest BCUT2D eigenvalue weighted by Crippen LogP contribution is -2.31. The van der Waals surface area contributed by atoms with Crippen LogP contribution in [0, 0.1) is 16.0 Å². The van der Waals surface area contributed by atoms with Crippen molar-refractivity contribution in [2.45, 2.75) is 32.2 Å². The summed E-state index contributed by atoms with van der Waals surface area (Å²) in [5.41, 5.74) is 2.31. The zero-order valence-electron chi connectivity index (χ0n) is 10.2. The number of pyridine rings is 1. The molecule has 0 amide bonds. The van der Waals surface area contributed by atoms with Crippen LogP contribution in [0.4, 0.5) is 17.3 Å². The Morgan fingerprint density at radius 2 is 2.17 bits per heavy atom. The van der Waals surface area contributed by atoms with Gasteiger partial charge in [0.1, 0.15) is 11.6 Å². The first-order valence-electron chi connectivity index (χ1n) is 6.00. The highest BCUT2D eigenvalue weighted by Crippen LogP contribution is 2.31. The molecule has 1 unspecified atom stereocenters. The number of rotatable bonds is 5. The first kappa shape index (κ1) is 12.6. The second-order valence-electron chi connectivity index (χ2n) is 4.62. The lowest BCUT2D eigenvalue weighted by molar-refractivity contribution is -0.384. The molecule has 7 heteroatoms. The highest BCUT2D eigenvalue weighted by molar-refractivity contribution is 5.54. The Hall–Kier alpha value is -1.89. The molecule has 0 spiro atoms. The van der Waals surface area contributed by atoms with Gasteiger partial charge >= 0.3 is 0 Å². The molecule has 4 N–H and O–H groups in total. The minimum Gasteiger partial charge on any atom is -0.367 e. The molecule has 1 aliphatic carbocycles. The van der Waals surface area contributed by atoms with Crippen LogP contribution in [-0.4, -0.2) is 15.9 Å². The number of nitro groups is 1. The topological polar surface area (TPSA) is 106 Å². The van der Waals surface area contributed by atoms with Crippen LogP contribution in [0.15, 0.2) is 12.1 Å². The SMILES string of the molecule is CC(Nc1cc([N+](=O)[O-])cc(NN)n1)C1CCC1. The standard InChI is InChI=1S/C11H17N5O2/c1-7(8-3-2-4-8)13-10-5-9(16(17)18)6-11(14-10)15-12/h5-8H,2-4,12H2,1H3,(H2,13,14,15). The van der Waals surface area contributed by atoms with Crippen LogP contribution in [-0.2, 0) is 0 Å². The number of nitrogens with two attached hydrogens (primary N) is 1. The lowest BCUT2D eigenvalue weighted by atomic mass is 9.80. The number of nitrogen functional groups attached to an aromatic ring is 1. The monoisotopic (exact) mass is 251 g/mol. The Morgan fingerprint density at radius 1 is 1.50 bits per heavy atom. The van der Waals surface area contributed by atoms with Crippen LogP contribution in [0.5, 0.6) is 0 Å². The van der Waals surface area contributed by atoms with Crippen molar-refractivity contribution < 1.29 is 4.92 Å². The first-order chi connectivity index (χ1) is 8.60. The smallest absolute Gasteiger partial charge is 0.276 e. The third kappa shape index (κ3) is 2.67. The van der Waals surface area contributed by atoms with Gasteiger partial charge in [-0.1, -0.05) is 6.42 Å². The van der Waals surface area contributed by atoms with E-state index in [1.165, 1.54) is 31.4 Å². The van der Waals surface area contributed by atoms with Crippen molar-refractivity contribution >= 4 is 17.3 Å². The highest BCUT2D eigenvalue weighted by Gasteiger charge is 2.24. The summed E-state index contributed by atoms with van der Waals surface area (Å²) in [6.45, 7) is 2.07. The molecule has 0 bridgehead atoms. The van der Waals surface area contributed by atoms with Crippen molar-refractivity contribution in [1.82, 2.24) is 4.98 Å². The number of hydrogen-bond acceptors (Lipinski definition) is 6. The molecule has 2 rings (SSSR count). The summed E-state index contributed by atoms with van der Waals surface area (Å²) in [6.07, 6.45) is 3.66. The molecule has 1 heterocycles. The Balaban J connectivity index is 2.15. The van der Waals surface area contributed by atoms with E-state index in [0.29, 0.717) is 11.7 Å². The lowest BCUT2D eigenvalue weighted by Gasteiger charge is -2.32. The second-order valence-corrected chi connectivity index (χ2v) is 4.62. The molecule has 1 saturated carbocycles. The summed E-state index contributed by atoms with van der Waals surface area (Å²) in [6, 6.07) is 2.99. The maximum Gasteiger partial charge on any atom is 0.276 e. The summed E-state index contributed by atoms with van der Waals surface area (Å²) in [7, 11) is 0. The van der Waals surface area contributed by atoms with Crippen LogP contribution >= 0.6 is 0 Å². The van der Waals surface area contributed by atoms with E-state index in [2.05, 4.69) is 22.7 Å². The van der Waals surface area contributed by atoms with Crippen molar-refractivity contribution in [2.75, 3.05) is 10.7 Å². The molecule has 0 aromatic carbocycles. The van der Waals surface area contributed by atoms with E-state index >= 15 is 0 Å². The predicted molar refractivity (Wildman–Crippen MR) is 69.1 cm³/mol. The fourth-order valence-electron chi connectivity index (χ4n) is 2.06. The zero-order valence-corrected chi connectivity index (χ0v) is 10.2. The summed E-state index contributed by atoms with van der Waals surface area (Å²) in [4.78, 5) is 14.5. The Kier molecular flexibility index (Phi) is 3.61. The van der Waals surface area contributed by atoms with Gasteiger partial charge in [0.25, 0.3) is 5.69 Å². The third-order valence-electron chi connectivity index (χ3n) is 3.40. The summed E-state index contributed by atoms with van der Waals surface area (Å²) in [5, 5.41) is 14.0. The zero-order chi connectivity index (χ0) is 13.1. The highest BCUT2D eigenvalue weighted by atomic mass is 16.6. The maximum atomic E-state index is 10.8. The van der Waals surface area contributed by atoms with E-state index in [0.717, 1.165) is 0 Å². The molecule has 1 aromatic heterocycles. The van der Waals surface area contributed by atoms with Crippen molar-refractivity contribution in [1.29, 1.82) is 0 Å². The number of hydrogen-bond donors (Lipinski definition) is 3.